The molecule has 0 amide bonds. The normalized spacial score (nSPS) is 12.1. The van der Waals surface area contributed by atoms with Crippen LogP contribution in [0.1, 0.15) is 18.5 Å². The van der Waals surface area contributed by atoms with Crippen molar-refractivity contribution in [2.75, 3.05) is 5.32 Å². The Bertz CT molecular complexity index is 1440. The van der Waals surface area contributed by atoms with Crippen molar-refractivity contribution >= 4 is 38.6 Å². The molecule has 0 spiro atoms. The van der Waals surface area contributed by atoms with Gasteiger partial charge in [-0.3, -0.25) is 9.36 Å². The Labute approximate surface area is 192 Å². The summed E-state index contributed by atoms with van der Waals surface area (Å²) < 4.78 is 4.43. The first kappa shape index (κ1) is 20.1. The average molecular weight is 487 g/mol. The molecular weight excluding hydrogens is 468 g/mol. The first-order valence-electron chi connectivity index (χ1n) is 10.1. The number of fused-ring (bicyclic) bond motifs is 1. The maximum Gasteiger partial charge on any atom is 0.252 e. The number of halogens is 1. The van der Waals surface area contributed by atoms with E-state index >= 15 is 0 Å². The molecule has 2 aromatic carbocycles. The zero-order valence-corrected chi connectivity index (χ0v) is 18.8. The van der Waals surface area contributed by atoms with E-state index in [9.17, 15) is 4.79 Å². The lowest BCUT2D eigenvalue weighted by molar-refractivity contribution is 0.630. The van der Waals surface area contributed by atoms with Gasteiger partial charge in [-0.2, -0.15) is 10.1 Å². The fraction of sp³-hybridized carbons (Fsp3) is 0.0833. The number of pyridine rings is 1. The molecule has 0 saturated heterocycles. The van der Waals surface area contributed by atoms with Gasteiger partial charge in [0.05, 0.1) is 11.7 Å². The van der Waals surface area contributed by atoms with Crippen molar-refractivity contribution in [2.24, 2.45) is 0 Å². The molecule has 1 unspecified atom stereocenters. The highest BCUT2D eigenvalue weighted by molar-refractivity contribution is 9.10. The largest absolute Gasteiger partial charge is 0.324 e. The van der Waals surface area contributed by atoms with Gasteiger partial charge in [0.2, 0.25) is 5.95 Å². The van der Waals surface area contributed by atoms with Crippen LogP contribution >= 0.6 is 15.9 Å². The van der Waals surface area contributed by atoms with Crippen LogP contribution in [-0.2, 0) is 0 Å². The lowest BCUT2D eigenvalue weighted by atomic mass is 10.1. The maximum absolute atomic E-state index is 12.8. The highest BCUT2D eigenvalue weighted by Gasteiger charge is 2.16. The van der Waals surface area contributed by atoms with Crippen molar-refractivity contribution in [1.29, 1.82) is 0 Å². The third-order valence-corrected chi connectivity index (χ3v) is 6.02. The second-order valence-corrected chi connectivity index (χ2v) is 8.19. The highest BCUT2D eigenvalue weighted by Crippen LogP contribution is 2.27. The van der Waals surface area contributed by atoms with E-state index in [0.29, 0.717) is 11.6 Å². The van der Waals surface area contributed by atoms with Crippen LogP contribution in [0.5, 0.6) is 0 Å². The van der Waals surface area contributed by atoms with Crippen LogP contribution in [0.25, 0.3) is 16.7 Å². The second kappa shape index (κ2) is 8.39. The summed E-state index contributed by atoms with van der Waals surface area (Å²) in [5, 5.41) is 8.26. The summed E-state index contributed by atoms with van der Waals surface area (Å²) in [6.45, 7) is 1.99. The lowest BCUT2D eigenvalue weighted by Gasteiger charge is -2.19. The molecule has 158 valence electrons. The number of rotatable bonds is 5. The number of nitrogens with one attached hydrogen (secondary N) is 1. The Morgan fingerprint density at radius 1 is 1.00 bits per heavy atom. The van der Waals surface area contributed by atoms with E-state index in [1.807, 2.05) is 67.7 Å². The number of nitrogens with zero attached hydrogens (tertiary/aromatic N) is 5. The fourth-order valence-corrected chi connectivity index (χ4v) is 4.29. The number of hydrogen-bond donors (Lipinski definition) is 1. The summed E-state index contributed by atoms with van der Waals surface area (Å²) in [6.07, 6.45) is 5.36. The van der Waals surface area contributed by atoms with Gasteiger partial charge in [0, 0.05) is 40.2 Å². The van der Waals surface area contributed by atoms with Crippen molar-refractivity contribution in [1.82, 2.24) is 24.3 Å². The molecule has 1 N–H and O–H groups in total. The first-order valence-corrected chi connectivity index (χ1v) is 10.9. The standard InChI is InChI=1S/C24H19BrN6O/c1-16(20-5-2-3-6-21(20)25)31-22(32)12-7-17-15-26-24(29-23(17)31)28-18-8-10-19(11-9-18)30-14-4-13-27-30/h2-16H,1H3,(H,26,28,29). The minimum absolute atomic E-state index is 0.117. The van der Waals surface area contributed by atoms with E-state index in [2.05, 4.69) is 36.3 Å². The minimum atomic E-state index is -0.210. The van der Waals surface area contributed by atoms with E-state index in [1.54, 1.807) is 33.8 Å². The van der Waals surface area contributed by atoms with Crippen molar-refractivity contribution in [3.05, 3.63) is 106 Å². The van der Waals surface area contributed by atoms with Gasteiger partial charge in [-0.25, -0.2) is 9.67 Å². The summed E-state index contributed by atoms with van der Waals surface area (Å²) in [6, 6.07) is 20.7. The van der Waals surface area contributed by atoms with Gasteiger partial charge in [-0.15, -0.1) is 0 Å². The maximum atomic E-state index is 12.8. The summed E-state index contributed by atoms with van der Waals surface area (Å²) in [4.78, 5) is 22.0. The van der Waals surface area contributed by atoms with Crippen LogP contribution in [0, 0.1) is 0 Å². The van der Waals surface area contributed by atoms with Gasteiger partial charge in [-0.1, -0.05) is 34.1 Å². The molecule has 3 heterocycles. The molecular formula is C24H19BrN6O. The van der Waals surface area contributed by atoms with Gasteiger partial charge in [0.25, 0.3) is 5.56 Å². The highest BCUT2D eigenvalue weighted by atomic mass is 79.9. The molecule has 5 aromatic rings. The van der Waals surface area contributed by atoms with E-state index in [4.69, 9.17) is 0 Å². The number of anilines is 2. The molecule has 1 atom stereocenters. The Morgan fingerprint density at radius 3 is 2.56 bits per heavy atom. The van der Waals surface area contributed by atoms with E-state index < -0.39 is 0 Å². The van der Waals surface area contributed by atoms with Crippen LogP contribution in [-0.4, -0.2) is 24.3 Å². The van der Waals surface area contributed by atoms with E-state index in [-0.39, 0.29) is 11.6 Å². The van der Waals surface area contributed by atoms with Gasteiger partial charge < -0.3 is 5.32 Å². The van der Waals surface area contributed by atoms with Gasteiger partial charge >= 0.3 is 0 Å². The molecule has 7 nitrogen and oxygen atoms in total. The Balaban J connectivity index is 1.51. The first-order chi connectivity index (χ1) is 15.6. The third-order valence-electron chi connectivity index (χ3n) is 5.30. The third kappa shape index (κ3) is 3.80. The van der Waals surface area contributed by atoms with Crippen LogP contribution in [0.3, 0.4) is 0 Å². The summed E-state index contributed by atoms with van der Waals surface area (Å²) in [7, 11) is 0. The lowest BCUT2D eigenvalue weighted by Crippen LogP contribution is -2.24. The summed E-state index contributed by atoms with van der Waals surface area (Å²) in [5.74, 6) is 0.419. The zero-order valence-electron chi connectivity index (χ0n) is 17.2. The zero-order chi connectivity index (χ0) is 22.1. The fourth-order valence-electron chi connectivity index (χ4n) is 3.67. The Kier molecular flexibility index (Phi) is 5.28. The predicted molar refractivity (Wildman–Crippen MR) is 129 cm³/mol. The molecule has 0 aliphatic carbocycles. The van der Waals surface area contributed by atoms with Crippen molar-refractivity contribution in [3.8, 4) is 5.69 Å². The van der Waals surface area contributed by atoms with Crippen molar-refractivity contribution in [2.45, 2.75) is 13.0 Å². The van der Waals surface area contributed by atoms with E-state index in [0.717, 1.165) is 26.8 Å². The molecule has 5 rings (SSSR count). The second-order valence-electron chi connectivity index (χ2n) is 7.33. The molecule has 0 saturated carbocycles. The topological polar surface area (TPSA) is 77.6 Å². The number of benzene rings is 2. The number of hydrogen-bond acceptors (Lipinski definition) is 5. The number of aromatic nitrogens is 5. The predicted octanol–water partition coefficient (Wildman–Crippen LogP) is 5.09. The SMILES string of the molecule is CC(c1ccccc1Br)n1c(=O)ccc2cnc(Nc3ccc(-n4cccn4)cc3)nc21. The summed E-state index contributed by atoms with van der Waals surface area (Å²) >= 11 is 3.59. The Morgan fingerprint density at radius 2 is 1.81 bits per heavy atom. The monoisotopic (exact) mass is 486 g/mol. The Hall–Kier alpha value is -3.78. The molecule has 0 aliphatic heterocycles. The van der Waals surface area contributed by atoms with Crippen LogP contribution in [0.2, 0.25) is 0 Å². The minimum Gasteiger partial charge on any atom is -0.324 e. The van der Waals surface area contributed by atoms with Crippen LogP contribution in [0.15, 0.2) is 94.6 Å². The molecule has 0 radical (unpaired) electrons. The molecule has 32 heavy (non-hydrogen) atoms. The molecule has 3 aromatic heterocycles. The molecule has 0 aliphatic rings. The average Bonchev–Trinajstić information content (AvgIpc) is 3.34. The molecule has 0 fully saturated rings. The van der Waals surface area contributed by atoms with Gasteiger partial charge in [0.1, 0.15) is 5.65 Å². The molecule has 0 bridgehead atoms. The molecule has 8 heteroatoms. The van der Waals surface area contributed by atoms with Crippen LogP contribution < -0.4 is 10.9 Å². The van der Waals surface area contributed by atoms with Crippen molar-refractivity contribution < 1.29 is 0 Å². The van der Waals surface area contributed by atoms with Gasteiger partial charge in [-0.05, 0) is 55.0 Å². The smallest absolute Gasteiger partial charge is 0.252 e. The van der Waals surface area contributed by atoms with Crippen molar-refractivity contribution in [3.63, 3.8) is 0 Å². The quantitative estimate of drug-likeness (QED) is 0.374. The van der Waals surface area contributed by atoms with E-state index in [1.165, 1.54) is 0 Å². The summed E-state index contributed by atoms with van der Waals surface area (Å²) in [5.41, 5.74) is 3.25. The van der Waals surface area contributed by atoms with Crippen LogP contribution in [0.4, 0.5) is 11.6 Å². The van der Waals surface area contributed by atoms with Gasteiger partial charge in [0.15, 0.2) is 0 Å².